The summed E-state index contributed by atoms with van der Waals surface area (Å²) in [5.41, 5.74) is 1.21. The lowest BCUT2D eigenvalue weighted by atomic mass is 10.1. The first-order valence-corrected chi connectivity index (χ1v) is 7.50. The van der Waals surface area contributed by atoms with E-state index in [2.05, 4.69) is 4.98 Å². The summed E-state index contributed by atoms with van der Waals surface area (Å²) in [4.78, 5) is 15.3. The van der Waals surface area contributed by atoms with Crippen LogP contribution in [0.15, 0.2) is 48.5 Å². The van der Waals surface area contributed by atoms with Crippen LogP contribution in [-0.4, -0.2) is 16.1 Å². The van der Waals surface area contributed by atoms with Gasteiger partial charge in [0.25, 0.3) is 0 Å². The van der Waals surface area contributed by atoms with Crippen LogP contribution in [0.2, 0.25) is 10.0 Å². The number of ether oxygens (including phenoxy) is 1. The molecule has 3 rings (SSSR count). The van der Waals surface area contributed by atoms with E-state index < -0.39 is 5.97 Å². The molecule has 0 aliphatic heterocycles. The standard InChI is InChI=1S/C17H11Cl2NO3/c18-11-6-12(19)16-13(7-11)20-14(17(21)22)8-15(16)23-9-10-4-2-1-3-5-10/h1-8H,9H2,(H,21,22). The highest BCUT2D eigenvalue weighted by atomic mass is 35.5. The topological polar surface area (TPSA) is 59.4 Å². The molecule has 1 heterocycles. The highest BCUT2D eigenvalue weighted by molar-refractivity contribution is 6.39. The highest BCUT2D eigenvalue weighted by Crippen LogP contribution is 2.35. The predicted molar refractivity (Wildman–Crippen MR) is 89.5 cm³/mol. The van der Waals surface area contributed by atoms with Crippen LogP contribution in [0.3, 0.4) is 0 Å². The molecule has 23 heavy (non-hydrogen) atoms. The smallest absolute Gasteiger partial charge is 0.354 e. The summed E-state index contributed by atoms with van der Waals surface area (Å²) in [5.74, 6) is -0.787. The number of carboxylic acids is 1. The molecule has 0 amide bonds. The minimum Gasteiger partial charge on any atom is -0.488 e. The zero-order chi connectivity index (χ0) is 16.4. The average molecular weight is 348 g/mol. The van der Waals surface area contributed by atoms with E-state index >= 15 is 0 Å². The van der Waals surface area contributed by atoms with Gasteiger partial charge in [-0.15, -0.1) is 0 Å². The van der Waals surface area contributed by atoms with Crippen LogP contribution in [0.5, 0.6) is 5.75 Å². The second kappa shape index (κ2) is 6.44. The summed E-state index contributed by atoms with van der Waals surface area (Å²) in [6, 6.07) is 14.0. The Morgan fingerprint density at radius 2 is 1.87 bits per heavy atom. The van der Waals surface area contributed by atoms with Gasteiger partial charge < -0.3 is 9.84 Å². The number of pyridine rings is 1. The van der Waals surface area contributed by atoms with Gasteiger partial charge in [-0.25, -0.2) is 9.78 Å². The van der Waals surface area contributed by atoms with Crippen LogP contribution in [0.1, 0.15) is 16.1 Å². The van der Waals surface area contributed by atoms with Crippen molar-refractivity contribution in [3.8, 4) is 5.75 Å². The largest absolute Gasteiger partial charge is 0.488 e. The van der Waals surface area contributed by atoms with E-state index in [4.69, 9.17) is 27.9 Å². The SMILES string of the molecule is O=C(O)c1cc(OCc2ccccc2)c2c(Cl)cc(Cl)cc2n1. The Morgan fingerprint density at radius 3 is 2.57 bits per heavy atom. The number of aromatic carboxylic acids is 1. The fourth-order valence-electron chi connectivity index (χ4n) is 2.21. The number of hydrogen-bond donors (Lipinski definition) is 1. The van der Waals surface area contributed by atoms with Gasteiger partial charge in [-0.05, 0) is 17.7 Å². The molecular formula is C17H11Cl2NO3. The second-order valence-electron chi connectivity index (χ2n) is 4.87. The van der Waals surface area contributed by atoms with Crippen molar-refractivity contribution in [1.82, 2.24) is 4.98 Å². The molecule has 0 unspecified atom stereocenters. The first-order chi connectivity index (χ1) is 11.0. The van der Waals surface area contributed by atoms with Crippen molar-refractivity contribution in [2.45, 2.75) is 6.61 Å². The Kier molecular flexibility index (Phi) is 4.37. The van der Waals surface area contributed by atoms with E-state index in [1.54, 1.807) is 12.1 Å². The normalized spacial score (nSPS) is 10.7. The molecular weight excluding hydrogens is 337 g/mol. The van der Waals surface area contributed by atoms with Gasteiger partial charge in [-0.1, -0.05) is 53.5 Å². The average Bonchev–Trinajstić information content (AvgIpc) is 2.52. The third-order valence-corrected chi connectivity index (χ3v) is 3.76. The van der Waals surface area contributed by atoms with Crippen LogP contribution in [-0.2, 0) is 6.61 Å². The lowest BCUT2D eigenvalue weighted by Gasteiger charge is -2.12. The minimum absolute atomic E-state index is 0.126. The number of carbonyl (C=O) groups is 1. The summed E-state index contributed by atoms with van der Waals surface area (Å²) < 4.78 is 5.79. The number of rotatable bonds is 4. The number of halogens is 2. The molecule has 0 saturated carbocycles. The Morgan fingerprint density at radius 1 is 1.13 bits per heavy atom. The monoisotopic (exact) mass is 347 g/mol. The number of aromatic nitrogens is 1. The first-order valence-electron chi connectivity index (χ1n) is 6.74. The lowest BCUT2D eigenvalue weighted by molar-refractivity contribution is 0.0690. The van der Waals surface area contributed by atoms with E-state index in [0.29, 0.717) is 26.7 Å². The Balaban J connectivity index is 2.08. The zero-order valence-electron chi connectivity index (χ0n) is 11.8. The quantitative estimate of drug-likeness (QED) is 0.734. The molecule has 0 atom stereocenters. The van der Waals surface area contributed by atoms with Crippen molar-refractivity contribution in [2.75, 3.05) is 0 Å². The molecule has 0 bridgehead atoms. The number of nitrogens with zero attached hydrogens (tertiary/aromatic N) is 1. The maximum absolute atomic E-state index is 11.3. The highest BCUT2D eigenvalue weighted by Gasteiger charge is 2.15. The third-order valence-electron chi connectivity index (χ3n) is 3.25. The van der Waals surface area contributed by atoms with Gasteiger partial charge in [0, 0.05) is 11.1 Å². The summed E-state index contributed by atoms with van der Waals surface area (Å²) in [5, 5.41) is 10.5. The molecule has 0 aliphatic carbocycles. The van der Waals surface area contributed by atoms with Gasteiger partial charge >= 0.3 is 5.97 Å². The number of hydrogen-bond acceptors (Lipinski definition) is 3. The van der Waals surface area contributed by atoms with Gasteiger partial charge in [-0.3, -0.25) is 0 Å². The van der Waals surface area contributed by atoms with Crippen molar-refractivity contribution >= 4 is 40.1 Å². The van der Waals surface area contributed by atoms with Crippen LogP contribution in [0.25, 0.3) is 10.9 Å². The molecule has 0 saturated heterocycles. The van der Waals surface area contributed by atoms with E-state index in [-0.39, 0.29) is 12.3 Å². The van der Waals surface area contributed by atoms with Crippen molar-refractivity contribution in [1.29, 1.82) is 0 Å². The molecule has 0 fully saturated rings. The van der Waals surface area contributed by atoms with E-state index in [9.17, 15) is 9.90 Å². The van der Waals surface area contributed by atoms with E-state index in [1.807, 2.05) is 30.3 Å². The summed E-state index contributed by atoms with van der Waals surface area (Å²) in [6.45, 7) is 0.290. The summed E-state index contributed by atoms with van der Waals surface area (Å²) >= 11 is 12.2. The molecule has 2 aromatic carbocycles. The molecule has 3 aromatic rings. The Bertz CT molecular complexity index is 882. The van der Waals surface area contributed by atoms with Crippen LogP contribution in [0.4, 0.5) is 0 Å². The fraction of sp³-hybridized carbons (Fsp3) is 0.0588. The second-order valence-corrected chi connectivity index (χ2v) is 5.71. The third kappa shape index (κ3) is 3.38. The van der Waals surface area contributed by atoms with E-state index in [1.165, 1.54) is 6.07 Å². The van der Waals surface area contributed by atoms with Crippen LogP contribution < -0.4 is 4.74 Å². The van der Waals surface area contributed by atoms with E-state index in [0.717, 1.165) is 5.56 Å². The molecule has 0 aliphatic rings. The van der Waals surface area contributed by atoms with Crippen molar-refractivity contribution in [2.24, 2.45) is 0 Å². The molecule has 4 nitrogen and oxygen atoms in total. The molecule has 1 aromatic heterocycles. The molecule has 116 valence electrons. The van der Waals surface area contributed by atoms with Crippen molar-refractivity contribution in [3.63, 3.8) is 0 Å². The lowest BCUT2D eigenvalue weighted by Crippen LogP contribution is -2.03. The Labute approximate surface area is 142 Å². The zero-order valence-corrected chi connectivity index (χ0v) is 13.3. The molecule has 0 spiro atoms. The maximum Gasteiger partial charge on any atom is 0.354 e. The van der Waals surface area contributed by atoms with Gasteiger partial charge in [-0.2, -0.15) is 0 Å². The van der Waals surface area contributed by atoms with Gasteiger partial charge in [0.1, 0.15) is 12.4 Å². The number of carboxylic acid groups (broad SMARTS) is 1. The van der Waals surface area contributed by atoms with Gasteiger partial charge in [0.2, 0.25) is 0 Å². The number of fused-ring (bicyclic) bond motifs is 1. The van der Waals surface area contributed by atoms with Gasteiger partial charge in [0.15, 0.2) is 5.69 Å². The first kappa shape index (κ1) is 15.6. The molecule has 0 radical (unpaired) electrons. The van der Waals surface area contributed by atoms with Crippen molar-refractivity contribution < 1.29 is 14.6 Å². The van der Waals surface area contributed by atoms with Crippen LogP contribution >= 0.6 is 23.2 Å². The van der Waals surface area contributed by atoms with Crippen molar-refractivity contribution in [3.05, 3.63) is 69.8 Å². The van der Waals surface area contributed by atoms with Crippen LogP contribution in [0, 0.1) is 0 Å². The summed E-state index contributed by atoms with van der Waals surface area (Å²) in [7, 11) is 0. The summed E-state index contributed by atoms with van der Waals surface area (Å²) in [6.07, 6.45) is 0. The molecule has 6 heteroatoms. The number of benzene rings is 2. The maximum atomic E-state index is 11.3. The predicted octanol–water partition coefficient (Wildman–Crippen LogP) is 4.82. The fourth-order valence-corrected chi connectivity index (χ4v) is 2.79. The minimum atomic E-state index is -1.15. The molecule has 1 N–H and O–H groups in total. The Hall–Kier alpha value is -2.30. The van der Waals surface area contributed by atoms with Gasteiger partial charge in [0.05, 0.1) is 15.9 Å².